The SMILES string of the molecule is CCCCC/C=C\C/C=C\C/C=C\C/C=C\CCCCCC(=O)NC(COP(=O)(O)OCC[N+](C)(C)C)C(/C=C/CCCCCCCCCCCCC)OC(=O)CCCCCCCCCCCCCCCCCCCCCCCCC. The summed E-state index contributed by atoms with van der Waals surface area (Å²) >= 11 is 0. The highest BCUT2D eigenvalue weighted by Crippen LogP contribution is 2.43. The van der Waals surface area contributed by atoms with Crippen molar-refractivity contribution in [3.05, 3.63) is 60.8 Å². The fraction of sp³-hybridized carbons (Fsp3) is 0.831. The van der Waals surface area contributed by atoms with Crippen molar-refractivity contribution in [1.29, 1.82) is 0 Å². The molecule has 0 rings (SSSR count). The van der Waals surface area contributed by atoms with Crippen LogP contribution in [0, 0.1) is 0 Å². The Morgan fingerprint density at radius 1 is 0.432 bits per heavy atom. The molecule has 81 heavy (non-hydrogen) atoms. The zero-order chi connectivity index (χ0) is 59.3. The van der Waals surface area contributed by atoms with Crippen molar-refractivity contribution < 1.29 is 37.3 Å². The molecule has 1 amide bonds. The van der Waals surface area contributed by atoms with Crippen molar-refractivity contribution in [2.24, 2.45) is 0 Å². The number of hydrogen-bond acceptors (Lipinski definition) is 6. The molecule has 9 nitrogen and oxygen atoms in total. The third kappa shape index (κ3) is 62.1. The Kier molecular flexibility index (Phi) is 59.1. The van der Waals surface area contributed by atoms with E-state index in [-0.39, 0.29) is 31.5 Å². The fourth-order valence-corrected chi connectivity index (χ4v) is 10.8. The normalized spacial score (nSPS) is 13.9. The van der Waals surface area contributed by atoms with Gasteiger partial charge in [0.1, 0.15) is 19.3 Å². The first-order valence-corrected chi connectivity index (χ1v) is 36.1. The summed E-state index contributed by atoms with van der Waals surface area (Å²) in [6, 6.07) is -0.865. The number of likely N-dealkylation sites (N-methyl/N-ethyl adjacent to an activating group) is 1. The van der Waals surface area contributed by atoms with Gasteiger partial charge in [-0.15, -0.1) is 0 Å². The van der Waals surface area contributed by atoms with E-state index in [2.05, 4.69) is 74.7 Å². The maximum Gasteiger partial charge on any atom is 0.472 e. The second-order valence-corrected chi connectivity index (χ2v) is 26.2. The average Bonchev–Trinajstić information content (AvgIpc) is 3.44. The molecule has 0 saturated carbocycles. The van der Waals surface area contributed by atoms with E-state index < -0.39 is 20.0 Å². The van der Waals surface area contributed by atoms with Gasteiger partial charge in [0.25, 0.3) is 0 Å². The summed E-state index contributed by atoms with van der Waals surface area (Å²) in [4.78, 5) is 37.8. The van der Waals surface area contributed by atoms with Gasteiger partial charge in [-0.3, -0.25) is 18.6 Å². The number of phosphoric acid groups is 1. The number of phosphoric ester groups is 1. The van der Waals surface area contributed by atoms with E-state index >= 15 is 0 Å². The molecule has 0 aliphatic carbocycles. The summed E-state index contributed by atoms with van der Waals surface area (Å²) in [5.74, 6) is -0.528. The second kappa shape index (κ2) is 60.8. The topological polar surface area (TPSA) is 111 Å². The molecule has 0 aliphatic rings. The Labute approximate surface area is 502 Å². The lowest BCUT2D eigenvalue weighted by Crippen LogP contribution is -2.47. The predicted octanol–water partition coefficient (Wildman–Crippen LogP) is 21.8. The lowest BCUT2D eigenvalue weighted by molar-refractivity contribution is -0.870. The third-order valence-electron chi connectivity index (χ3n) is 15.5. The minimum absolute atomic E-state index is 0.0339. The minimum Gasteiger partial charge on any atom is -0.456 e. The Hall–Kier alpha value is -2.29. The molecular weight excluding hydrogens is 1020 g/mol. The molecule has 0 aromatic rings. The van der Waals surface area contributed by atoms with Crippen molar-refractivity contribution >= 4 is 19.7 Å². The Balaban J connectivity index is 5.18. The van der Waals surface area contributed by atoms with E-state index in [1.165, 1.54) is 212 Å². The van der Waals surface area contributed by atoms with Crippen LogP contribution in [0.3, 0.4) is 0 Å². The second-order valence-electron chi connectivity index (χ2n) is 24.7. The highest BCUT2D eigenvalue weighted by Gasteiger charge is 2.30. The maximum atomic E-state index is 13.6. The third-order valence-corrected chi connectivity index (χ3v) is 16.4. The molecule has 474 valence electrons. The first kappa shape index (κ1) is 78.7. The van der Waals surface area contributed by atoms with E-state index in [0.717, 1.165) is 77.0 Å². The number of ether oxygens (including phenoxy) is 1. The lowest BCUT2D eigenvalue weighted by atomic mass is 10.0. The molecule has 0 radical (unpaired) electrons. The molecule has 3 atom stereocenters. The molecular formula is C71H134N2O7P+. The number of amides is 1. The molecule has 0 aromatic heterocycles. The van der Waals surface area contributed by atoms with E-state index in [0.29, 0.717) is 23.9 Å². The van der Waals surface area contributed by atoms with Crippen LogP contribution in [0.1, 0.15) is 329 Å². The minimum atomic E-state index is -4.46. The van der Waals surface area contributed by atoms with Crippen LogP contribution in [-0.2, 0) is 27.9 Å². The van der Waals surface area contributed by atoms with Gasteiger partial charge in [0.15, 0.2) is 0 Å². The summed E-state index contributed by atoms with van der Waals surface area (Å²) in [5.41, 5.74) is 0. The van der Waals surface area contributed by atoms with Gasteiger partial charge in [-0.05, 0) is 76.7 Å². The van der Waals surface area contributed by atoms with Crippen LogP contribution in [0.15, 0.2) is 60.8 Å². The number of allylic oxidation sites excluding steroid dienone is 9. The summed E-state index contributed by atoms with van der Waals surface area (Å²) in [6.07, 6.45) is 78.0. The number of esters is 1. The van der Waals surface area contributed by atoms with Gasteiger partial charge in [-0.25, -0.2) is 4.57 Å². The molecule has 0 saturated heterocycles. The number of unbranched alkanes of at least 4 members (excludes halogenated alkanes) is 39. The van der Waals surface area contributed by atoms with Gasteiger partial charge >= 0.3 is 13.8 Å². The van der Waals surface area contributed by atoms with Crippen molar-refractivity contribution in [2.45, 2.75) is 341 Å². The quantitative estimate of drug-likeness (QED) is 0.0205. The van der Waals surface area contributed by atoms with Crippen LogP contribution >= 0.6 is 7.82 Å². The van der Waals surface area contributed by atoms with Crippen LogP contribution in [-0.4, -0.2) is 74.3 Å². The summed E-state index contributed by atoms with van der Waals surface area (Å²) in [6.45, 7) is 7.00. The van der Waals surface area contributed by atoms with Crippen LogP contribution in [0.5, 0.6) is 0 Å². The standard InChI is InChI=1S/C71H133N2O7P/c1-7-10-13-16-19-22-25-28-30-32-34-35-36-37-39-41-43-46-49-52-55-58-61-64-71(75)80-69(62-59-56-53-50-47-44-27-24-21-18-15-12-9-3)68(67-79-81(76,77)78-66-65-73(4,5)6)72-70(74)63-60-57-54-51-48-45-42-40-38-33-31-29-26-23-20-17-14-11-8-2/h20,23,29,31,38,40,45,48,59,62,68-69H,7-19,21-22,24-28,30,32-37,39,41-44,46-47,49-58,60-61,63-67H2,1-6H3,(H-,72,74,76,77)/p+1/b23-20-,31-29-,40-38-,48-45-,62-59+. The number of carbonyl (C=O) groups excluding carboxylic acids is 2. The van der Waals surface area contributed by atoms with Crippen LogP contribution in [0.2, 0.25) is 0 Å². The van der Waals surface area contributed by atoms with Gasteiger partial charge in [0.2, 0.25) is 5.91 Å². The summed E-state index contributed by atoms with van der Waals surface area (Å²) < 4.78 is 30.8. The molecule has 0 fully saturated rings. The number of quaternary nitrogens is 1. The van der Waals surface area contributed by atoms with Gasteiger partial charge in [0.05, 0.1) is 33.8 Å². The molecule has 2 N–H and O–H groups in total. The van der Waals surface area contributed by atoms with Crippen molar-refractivity contribution in [3.8, 4) is 0 Å². The van der Waals surface area contributed by atoms with Gasteiger partial charge in [-0.1, -0.05) is 300 Å². The van der Waals surface area contributed by atoms with Crippen molar-refractivity contribution in [3.63, 3.8) is 0 Å². The van der Waals surface area contributed by atoms with Gasteiger partial charge < -0.3 is 19.4 Å². The van der Waals surface area contributed by atoms with Gasteiger partial charge in [0, 0.05) is 12.8 Å². The largest absolute Gasteiger partial charge is 0.472 e. The van der Waals surface area contributed by atoms with Crippen LogP contribution in [0.25, 0.3) is 0 Å². The molecule has 10 heteroatoms. The van der Waals surface area contributed by atoms with E-state index in [4.69, 9.17) is 13.8 Å². The zero-order valence-corrected chi connectivity index (χ0v) is 55.2. The smallest absolute Gasteiger partial charge is 0.456 e. The molecule has 0 bridgehead atoms. The highest BCUT2D eigenvalue weighted by atomic mass is 31.2. The number of rotatable bonds is 63. The molecule has 3 unspecified atom stereocenters. The number of hydrogen-bond donors (Lipinski definition) is 2. The maximum absolute atomic E-state index is 13.6. The molecule has 0 aliphatic heterocycles. The summed E-state index contributed by atoms with van der Waals surface area (Å²) in [5, 5.41) is 3.05. The van der Waals surface area contributed by atoms with E-state index in [1.807, 2.05) is 33.3 Å². The van der Waals surface area contributed by atoms with E-state index in [9.17, 15) is 19.0 Å². The number of nitrogens with zero attached hydrogens (tertiary/aromatic N) is 1. The highest BCUT2D eigenvalue weighted by molar-refractivity contribution is 7.47. The Bertz CT molecular complexity index is 1570. The Morgan fingerprint density at radius 3 is 1.16 bits per heavy atom. The zero-order valence-electron chi connectivity index (χ0n) is 54.3. The predicted molar refractivity (Wildman–Crippen MR) is 351 cm³/mol. The Morgan fingerprint density at radius 2 is 0.753 bits per heavy atom. The molecule has 0 aromatic carbocycles. The monoisotopic (exact) mass is 1160 g/mol. The average molecular weight is 1160 g/mol. The summed E-state index contributed by atoms with van der Waals surface area (Å²) in [7, 11) is 1.48. The van der Waals surface area contributed by atoms with Crippen molar-refractivity contribution in [1.82, 2.24) is 5.32 Å². The first-order valence-electron chi connectivity index (χ1n) is 34.6. The number of nitrogens with one attached hydrogen (secondary N) is 1. The fourth-order valence-electron chi connectivity index (χ4n) is 10.1. The van der Waals surface area contributed by atoms with Crippen LogP contribution in [0.4, 0.5) is 0 Å². The van der Waals surface area contributed by atoms with E-state index in [1.54, 1.807) is 0 Å². The number of carbonyl (C=O) groups is 2. The molecule has 0 spiro atoms. The van der Waals surface area contributed by atoms with Gasteiger partial charge in [-0.2, -0.15) is 0 Å². The lowest BCUT2D eigenvalue weighted by Gasteiger charge is -2.27. The first-order chi connectivity index (χ1) is 39.4. The van der Waals surface area contributed by atoms with Crippen molar-refractivity contribution in [2.75, 3.05) is 40.9 Å². The van der Waals surface area contributed by atoms with Crippen LogP contribution < -0.4 is 5.32 Å². The molecule has 0 heterocycles.